The largest absolute Gasteiger partial charge is 0.416 e. The van der Waals surface area contributed by atoms with Crippen molar-refractivity contribution >= 4 is 10.9 Å². The second-order valence-electron chi connectivity index (χ2n) is 9.02. The van der Waals surface area contributed by atoms with Crippen LogP contribution < -0.4 is 0 Å². The number of nitrogens with zero attached hydrogens (tertiary/aromatic N) is 1. The number of nitrogens with one attached hydrogen (secondary N) is 1. The van der Waals surface area contributed by atoms with E-state index < -0.39 is 11.7 Å². The summed E-state index contributed by atoms with van der Waals surface area (Å²) in [6, 6.07) is 14.7. The zero-order chi connectivity index (χ0) is 20.9. The Morgan fingerprint density at radius 3 is 2.67 bits per heavy atom. The van der Waals surface area contributed by atoms with E-state index in [0.29, 0.717) is 11.8 Å². The average Bonchev–Trinajstić information content (AvgIpc) is 3.10. The number of H-pyrrole nitrogens is 1. The molecule has 0 amide bonds. The van der Waals surface area contributed by atoms with Crippen molar-refractivity contribution in [3.63, 3.8) is 0 Å². The molecule has 0 radical (unpaired) electrons. The van der Waals surface area contributed by atoms with Crippen LogP contribution >= 0.6 is 0 Å². The lowest BCUT2D eigenvalue weighted by atomic mass is 9.68. The zero-order valence-corrected chi connectivity index (χ0v) is 17.2. The van der Waals surface area contributed by atoms with Crippen molar-refractivity contribution in [2.24, 2.45) is 11.8 Å². The number of likely N-dealkylation sites (tertiary alicyclic amines) is 1. The standard InChI is InChI=1S/C25H27F3N2/c1-16-21-15-30(11-9-17-5-3-2-4-6-17)12-10-18(21)13-23-24(16)20-14-19(25(26,27)28)7-8-22(20)29-23/h2-8,14,16,18,21,29H,9-13,15H2,1H3. The van der Waals surface area contributed by atoms with Gasteiger partial charge in [0, 0.05) is 29.7 Å². The molecule has 2 nitrogen and oxygen atoms in total. The predicted octanol–water partition coefficient (Wildman–Crippen LogP) is 6.03. The third kappa shape index (κ3) is 3.53. The van der Waals surface area contributed by atoms with Crippen LogP contribution in [0.15, 0.2) is 48.5 Å². The fourth-order valence-corrected chi connectivity index (χ4v) is 5.66. The van der Waals surface area contributed by atoms with Crippen LogP contribution in [0.5, 0.6) is 0 Å². The van der Waals surface area contributed by atoms with Gasteiger partial charge in [0.2, 0.25) is 0 Å². The molecule has 1 N–H and O–H groups in total. The van der Waals surface area contributed by atoms with Gasteiger partial charge in [-0.05, 0) is 72.9 Å². The van der Waals surface area contributed by atoms with Crippen molar-refractivity contribution in [2.75, 3.05) is 19.6 Å². The summed E-state index contributed by atoms with van der Waals surface area (Å²) in [6.45, 7) is 5.39. The molecule has 2 aromatic carbocycles. The molecule has 2 heterocycles. The van der Waals surface area contributed by atoms with Gasteiger partial charge in [0.05, 0.1) is 5.56 Å². The van der Waals surface area contributed by atoms with Crippen LogP contribution in [-0.4, -0.2) is 29.5 Å². The first-order valence-corrected chi connectivity index (χ1v) is 10.9. The number of benzene rings is 2. The van der Waals surface area contributed by atoms with Crippen molar-refractivity contribution in [3.8, 4) is 0 Å². The maximum Gasteiger partial charge on any atom is 0.416 e. The third-order valence-corrected chi connectivity index (χ3v) is 7.26. The molecule has 0 bridgehead atoms. The summed E-state index contributed by atoms with van der Waals surface area (Å²) in [7, 11) is 0. The lowest BCUT2D eigenvalue weighted by Crippen LogP contribution is -2.45. The minimum atomic E-state index is -4.31. The van der Waals surface area contributed by atoms with E-state index in [1.807, 2.05) is 6.07 Å². The molecule has 3 atom stereocenters. The molecule has 2 aliphatic rings. The van der Waals surface area contributed by atoms with Gasteiger partial charge in [0.15, 0.2) is 0 Å². The molecule has 158 valence electrons. The van der Waals surface area contributed by atoms with Gasteiger partial charge in [0.25, 0.3) is 0 Å². The first-order valence-electron chi connectivity index (χ1n) is 10.9. The molecule has 5 rings (SSSR count). The van der Waals surface area contributed by atoms with Gasteiger partial charge in [0.1, 0.15) is 0 Å². The van der Waals surface area contributed by atoms with Gasteiger partial charge in [-0.25, -0.2) is 0 Å². The molecule has 0 spiro atoms. The number of alkyl halides is 3. The molecular formula is C25H27F3N2. The van der Waals surface area contributed by atoms with E-state index in [1.165, 1.54) is 17.7 Å². The van der Waals surface area contributed by atoms with Crippen molar-refractivity contribution in [3.05, 3.63) is 70.9 Å². The zero-order valence-electron chi connectivity index (χ0n) is 17.2. The van der Waals surface area contributed by atoms with Gasteiger partial charge in [-0.2, -0.15) is 13.2 Å². The third-order valence-electron chi connectivity index (χ3n) is 7.26. The second kappa shape index (κ2) is 7.45. The van der Waals surface area contributed by atoms with E-state index >= 15 is 0 Å². The quantitative estimate of drug-likeness (QED) is 0.557. The molecule has 3 unspecified atom stereocenters. The highest BCUT2D eigenvalue weighted by Gasteiger charge is 2.40. The molecule has 3 aromatic rings. The number of halogens is 3. The Morgan fingerprint density at radius 1 is 1.10 bits per heavy atom. The van der Waals surface area contributed by atoms with Gasteiger partial charge < -0.3 is 9.88 Å². The van der Waals surface area contributed by atoms with Crippen LogP contribution in [0.3, 0.4) is 0 Å². The SMILES string of the molecule is CC1c2c([nH]c3ccc(C(F)(F)F)cc23)CC2CCN(CCc3ccccc3)CC21. The lowest BCUT2D eigenvalue weighted by molar-refractivity contribution is -0.137. The Morgan fingerprint density at radius 2 is 1.90 bits per heavy atom. The summed E-state index contributed by atoms with van der Waals surface area (Å²) in [5.74, 6) is 1.36. The van der Waals surface area contributed by atoms with E-state index in [0.717, 1.165) is 61.1 Å². The minimum absolute atomic E-state index is 0.260. The number of rotatable bonds is 3. The van der Waals surface area contributed by atoms with Gasteiger partial charge >= 0.3 is 6.18 Å². The highest BCUT2D eigenvalue weighted by molar-refractivity contribution is 5.86. The molecule has 1 aliphatic carbocycles. The maximum atomic E-state index is 13.3. The van der Waals surface area contributed by atoms with E-state index in [1.54, 1.807) is 6.07 Å². The van der Waals surface area contributed by atoms with Crippen LogP contribution in [-0.2, 0) is 19.0 Å². The van der Waals surface area contributed by atoms with E-state index in [-0.39, 0.29) is 5.92 Å². The van der Waals surface area contributed by atoms with E-state index in [2.05, 4.69) is 41.1 Å². The Hall–Kier alpha value is -2.27. The van der Waals surface area contributed by atoms with Gasteiger partial charge in [-0.3, -0.25) is 0 Å². The van der Waals surface area contributed by atoms with E-state index in [9.17, 15) is 13.2 Å². The Bertz CT molecular complexity index is 1040. The first kappa shape index (κ1) is 19.7. The molecular weight excluding hydrogens is 385 g/mol. The summed E-state index contributed by atoms with van der Waals surface area (Å²) in [6.07, 6.45) is -1.16. The molecule has 0 saturated carbocycles. The second-order valence-corrected chi connectivity index (χ2v) is 9.02. The molecule has 5 heteroatoms. The molecule has 1 saturated heterocycles. The Labute approximate surface area is 175 Å². The molecule has 1 aliphatic heterocycles. The summed E-state index contributed by atoms with van der Waals surface area (Å²) >= 11 is 0. The maximum absolute atomic E-state index is 13.3. The molecule has 1 fully saturated rings. The smallest absolute Gasteiger partial charge is 0.358 e. The van der Waals surface area contributed by atoms with Crippen LogP contribution in [0.25, 0.3) is 10.9 Å². The van der Waals surface area contributed by atoms with Crippen LogP contribution in [0.2, 0.25) is 0 Å². The van der Waals surface area contributed by atoms with Crippen LogP contribution in [0, 0.1) is 11.8 Å². The number of fused-ring (bicyclic) bond motifs is 4. The predicted molar refractivity (Wildman–Crippen MR) is 114 cm³/mol. The van der Waals surface area contributed by atoms with E-state index in [4.69, 9.17) is 0 Å². The normalized spacial score (nSPS) is 24.6. The lowest BCUT2D eigenvalue weighted by Gasteiger charge is -2.44. The Balaban J connectivity index is 1.38. The van der Waals surface area contributed by atoms with Crippen molar-refractivity contribution in [2.45, 2.75) is 38.3 Å². The van der Waals surface area contributed by atoms with Gasteiger partial charge in [-0.15, -0.1) is 0 Å². The fraction of sp³-hybridized carbons (Fsp3) is 0.440. The van der Waals surface area contributed by atoms with Crippen molar-refractivity contribution in [1.29, 1.82) is 0 Å². The van der Waals surface area contributed by atoms with Gasteiger partial charge in [-0.1, -0.05) is 37.3 Å². The monoisotopic (exact) mass is 412 g/mol. The van der Waals surface area contributed by atoms with Crippen molar-refractivity contribution in [1.82, 2.24) is 9.88 Å². The fourth-order valence-electron chi connectivity index (χ4n) is 5.66. The molecule has 30 heavy (non-hydrogen) atoms. The van der Waals surface area contributed by atoms with Crippen molar-refractivity contribution < 1.29 is 13.2 Å². The highest BCUT2D eigenvalue weighted by atomic mass is 19.4. The summed E-state index contributed by atoms with van der Waals surface area (Å²) in [5.41, 5.74) is 3.90. The minimum Gasteiger partial charge on any atom is -0.358 e. The highest BCUT2D eigenvalue weighted by Crippen LogP contribution is 2.46. The Kier molecular flexibility index (Phi) is 4.89. The number of aromatic nitrogens is 1. The van der Waals surface area contributed by atoms with Crippen LogP contribution in [0.4, 0.5) is 13.2 Å². The number of aromatic amines is 1. The number of hydrogen-bond acceptors (Lipinski definition) is 1. The average molecular weight is 412 g/mol. The van der Waals surface area contributed by atoms with Crippen LogP contribution in [0.1, 0.15) is 41.6 Å². The summed E-state index contributed by atoms with van der Waals surface area (Å²) in [5, 5.41) is 0.757. The number of hydrogen-bond donors (Lipinski definition) is 1. The summed E-state index contributed by atoms with van der Waals surface area (Å²) < 4.78 is 39.8. The summed E-state index contributed by atoms with van der Waals surface area (Å²) in [4.78, 5) is 5.98. The number of piperidine rings is 1. The first-order chi connectivity index (χ1) is 14.4. The topological polar surface area (TPSA) is 19.0 Å². The molecule has 1 aromatic heterocycles.